The Labute approximate surface area is 125 Å². The number of aliphatic hydroxyl groups is 1. The van der Waals surface area contributed by atoms with Crippen molar-refractivity contribution < 1.29 is 9.84 Å². The van der Waals surface area contributed by atoms with Crippen LogP contribution in [0.1, 0.15) is 31.2 Å². The Morgan fingerprint density at radius 3 is 2.14 bits per heavy atom. The molecular formula is C19H18O2. The van der Waals surface area contributed by atoms with Gasteiger partial charge in [0.1, 0.15) is 17.1 Å². The van der Waals surface area contributed by atoms with Crippen LogP contribution in [0.2, 0.25) is 0 Å². The first-order chi connectivity index (χ1) is 10.2. The zero-order valence-electron chi connectivity index (χ0n) is 11.9. The standard InChI is InChI=1S/C19H18O2/c20-19(13-4-5-14-19)15-12-16-8-10-18(11-9-16)21-17-6-2-1-3-7-17/h1-3,6-11,20H,4-5,13-14H2. The van der Waals surface area contributed by atoms with Gasteiger partial charge in [-0.25, -0.2) is 0 Å². The molecule has 0 atom stereocenters. The lowest BCUT2D eigenvalue weighted by molar-refractivity contribution is 0.110. The van der Waals surface area contributed by atoms with E-state index in [-0.39, 0.29) is 0 Å². The third kappa shape index (κ3) is 3.65. The van der Waals surface area contributed by atoms with Crippen LogP contribution in [0.15, 0.2) is 54.6 Å². The zero-order valence-corrected chi connectivity index (χ0v) is 11.9. The molecule has 0 aromatic heterocycles. The van der Waals surface area contributed by atoms with Crippen LogP contribution in [-0.2, 0) is 0 Å². The van der Waals surface area contributed by atoms with Gasteiger partial charge in [-0.3, -0.25) is 0 Å². The zero-order chi connectivity index (χ0) is 14.5. The van der Waals surface area contributed by atoms with Gasteiger partial charge in [-0.2, -0.15) is 0 Å². The van der Waals surface area contributed by atoms with E-state index in [0.29, 0.717) is 0 Å². The van der Waals surface area contributed by atoms with E-state index in [0.717, 1.165) is 42.7 Å². The third-order valence-electron chi connectivity index (χ3n) is 3.70. The van der Waals surface area contributed by atoms with Crippen LogP contribution in [0.4, 0.5) is 0 Å². The minimum Gasteiger partial charge on any atom is -0.457 e. The molecule has 21 heavy (non-hydrogen) atoms. The number of ether oxygens (including phenoxy) is 1. The average molecular weight is 278 g/mol. The summed E-state index contributed by atoms with van der Waals surface area (Å²) in [5.74, 6) is 7.67. The Morgan fingerprint density at radius 2 is 1.48 bits per heavy atom. The second-order valence-electron chi connectivity index (χ2n) is 5.43. The van der Waals surface area contributed by atoms with Gasteiger partial charge in [0.15, 0.2) is 0 Å². The summed E-state index contributed by atoms with van der Waals surface area (Å²) in [6.45, 7) is 0. The van der Waals surface area contributed by atoms with Crippen LogP contribution in [0.5, 0.6) is 11.5 Å². The van der Waals surface area contributed by atoms with E-state index in [9.17, 15) is 5.11 Å². The fourth-order valence-corrected chi connectivity index (χ4v) is 2.50. The molecule has 1 N–H and O–H groups in total. The van der Waals surface area contributed by atoms with Crippen molar-refractivity contribution in [3.8, 4) is 23.3 Å². The van der Waals surface area contributed by atoms with Gasteiger partial charge in [-0.15, -0.1) is 0 Å². The molecule has 0 bridgehead atoms. The van der Waals surface area contributed by atoms with Crippen LogP contribution in [0.3, 0.4) is 0 Å². The van der Waals surface area contributed by atoms with Crippen molar-refractivity contribution in [2.24, 2.45) is 0 Å². The molecule has 106 valence electrons. The van der Waals surface area contributed by atoms with Crippen molar-refractivity contribution in [3.05, 3.63) is 60.2 Å². The first-order valence-corrected chi connectivity index (χ1v) is 7.32. The summed E-state index contributed by atoms with van der Waals surface area (Å²) in [6, 6.07) is 17.3. The molecule has 2 aromatic rings. The summed E-state index contributed by atoms with van der Waals surface area (Å²) in [5, 5.41) is 10.2. The van der Waals surface area contributed by atoms with Crippen LogP contribution in [0, 0.1) is 11.8 Å². The average Bonchev–Trinajstić information content (AvgIpc) is 2.95. The van der Waals surface area contributed by atoms with Crippen LogP contribution in [0.25, 0.3) is 0 Å². The summed E-state index contributed by atoms with van der Waals surface area (Å²) < 4.78 is 5.73. The molecule has 1 aliphatic rings. The number of hydrogen-bond donors (Lipinski definition) is 1. The van der Waals surface area contributed by atoms with Crippen molar-refractivity contribution >= 4 is 0 Å². The Balaban J connectivity index is 1.68. The maximum absolute atomic E-state index is 10.2. The van der Waals surface area contributed by atoms with Gasteiger partial charge in [0.05, 0.1) is 0 Å². The third-order valence-corrected chi connectivity index (χ3v) is 3.70. The van der Waals surface area contributed by atoms with E-state index in [1.807, 2.05) is 54.6 Å². The molecule has 1 aliphatic carbocycles. The highest BCUT2D eigenvalue weighted by atomic mass is 16.5. The van der Waals surface area contributed by atoms with Crippen molar-refractivity contribution in [1.29, 1.82) is 0 Å². The molecule has 2 heteroatoms. The van der Waals surface area contributed by atoms with Crippen molar-refractivity contribution in [3.63, 3.8) is 0 Å². The fraction of sp³-hybridized carbons (Fsp3) is 0.263. The molecule has 0 amide bonds. The largest absolute Gasteiger partial charge is 0.457 e. The van der Waals surface area contributed by atoms with E-state index >= 15 is 0 Å². The fourth-order valence-electron chi connectivity index (χ4n) is 2.50. The van der Waals surface area contributed by atoms with Gasteiger partial charge >= 0.3 is 0 Å². The highest BCUT2D eigenvalue weighted by molar-refractivity contribution is 5.41. The highest BCUT2D eigenvalue weighted by Crippen LogP contribution is 2.28. The van der Waals surface area contributed by atoms with E-state index < -0.39 is 5.60 Å². The quantitative estimate of drug-likeness (QED) is 0.837. The number of hydrogen-bond acceptors (Lipinski definition) is 2. The van der Waals surface area contributed by atoms with Gasteiger partial charge in [-0.1, -0.05) is 30.0 Å². The number of rotatable bonds is 2. The molecular weight excluding hydrogens is 260 g/mol. The molecule has 0 saturated heterocycles. The molecule has 0 heterocycles. The van der Waals surface area contributed by atoms with E-state index in [1.54, 1.807) is 0 Å². The lowest BCUT2D eigenvalue weighted by Crippen LogP contribution is -2.20. The molecule has 1 saturated carbocycles. The van der Waals surface area contributed by atoms with Crippen molar-refractivity contribution in [2.75, 3.05) is 0 Å². The molecule has 0 radical (unpaired) electrons. The summed E-state index contributed by atoms with van der Waals surface area (Å²) >= 11 is 0. The lowest BCUT2D eigenvalue weighted by Gasteiger charge is -2.12. The van der Waals surface area contributed by atoms with E-state index in [4.69, 9.17) is 4.74 Å². The Kier molecular flexibility index (Phi) is 3.94. The van der Waals surface area contributed by atoms with Gasteiger partial charge in [0.25, 0.3) is 0 Å². The maximum Gasteiger partial charge on any atom is 0.127 e. The summed E-state index contributed by atoms with van der Waals surface area (Å²) in [4.78, 5) is 0. The SMILES string of the molecule is OC1(C#Cc2ccc(Oc3ccccc3)cc2)CCCC1. The predicted octanol–water partition coefficient (Wildman–Crippen LogP) is 4.14. The second-order valence-corrected chi connectivity index (χ2v) is 5.43. The van der Waals surface area contributed by atoms with Gasteiger partial charge < -0.3 is 9.84 Å². The first kappa shape index (κ1) is 13.7. The van der Waals surface area contributed by atoms with E-state index in [1.165, 1.54) is 0 Å². The van der Waals surface area contributed by atoms with Crippen molar-refractivity contribution in [1.82, 2.24) is 0 Å². The summed E-state index contributed by atoms with van der Waals surface area (Å²) in [5.41, 5.74) is 0.120. The lowest BCUT2D eigenvalue weighted by atomic mass is 10.0. The Bertz CT molecular complexity index is 641. The topological polar surface area (TPSA) is 29.5 Å². The first-order valence-electron chi connectivity index (χ1n) is 7.32. The normalized spacial score (nSPS) is 16.0. The molecule has 0 unspecified atom stereocenters. The molecule has 3 rings (SSSR count). The highest BCUT2D eigenvalue weighted by Gasteiger charge is 2.28. The van der Waals surface area contributed by atoms with Crippen LogP contribution < -0.4 is 4.74 Å². The minimum atomic E-state index is -0.779. The predicted molar refractivity (Wildman–Crippen MR) is 83.3 cm³/mol. The maximum atomic E-state index is 10.2. The number of para-hydroxylation sites is 1. The van der Waals surface area contributed by atoms with Crippen molar-refractivity contribution in [2.45, 2.75) is 31.3 Å². The van der Waals surface area contributed by atoms with Gasteiger partial charge in [-0.05, 0) is 62.1 Å². The van der Waals surface area contributed by atoms with Crippen LogP contribution in [-0.4, -0.2) is 10.7 Å². The summed E-state index contributed by atoms with van der Waals surface area (Å²) in [6.07, 6.45) is 3.70. The van der Waals surface area contributed by atoms with Crippen LogP contribution >= 0.6 is 0 Å². The second kappa shape index (κ2) is 6.03. The monoisotopic (exact) mass is 278 g/mol. The smallest absolute Gasteiger partial charge is 0.127 e. The Hall–Kier alpha value is -2.24. The van der Waals surface area contributed by atoms with Gasteiger partial charge in [0.2, 0.25) is 0 Å². The molecule has 1 fully saturated rings. The molecule has 2 nitrogen and oxygen atoms in total. The van der Waals surface area contributed by atoms with E-state index in [2.05, 4.69) is 11.8 Å². The molecule has 0 spiro atoms. The number of benzene rings is 2. The molecule has 2 aromatic carbocycles. The summed E-state index contributed by atoms with van der Waals surface area (Å²) in [7, 11) is 0. The Morgan fingerprint density at radius 1 is 0.857 bits per heavy atom. The molecule has 0 aliphatic heterocycles. The van der Waals surface area contributed by atoms with Gasteiger partial charge in [0, 0.05) is 5.56 Å². The minimum absolute atomic E-state index is 0.779.